The second kappa shape index (κ2) is 9.43. The predicted octanol–water partition coefficient (Wildman–Crippen LogP) is 2.73. The Balaban J connectivity index is 2.44. The molecule has 1 heterocycles. The zero-order valence-electron chi connectivity index (χ0n) is 19.0. The Hall–Kier alpha value is -2.67. The molecule has 2 aromatic rings. The fraction of sp³-hybridized carbons (Fsp3) is 0.522. The number of aromatic hydroxyl groups is 1. The second-order valence-electron chi connectivity index (χ2n) is 9.15. The van der Waals surface area contributed by atoms with Crippen LogP contribution in [-0.2, 0) is 16.6 Å². The number of H-pyrrole nitrogens is 1. The van der Waals surface area contributed by atoms with Gasteiger partial charge in [0.2, 0.25) is 5.91 Å². The minimum Gasteiger partial charge on any atom is -0.508 e. The van der Waals surface area contributed by atoms with E-state index in [4.69, 9.17) is 0 Å². The van der Waals surface area contributed by atoms with Crippen LogP contribution in [0.2, 0.25) is 0 Å². The molecule has 0 aliphatic rings. The first-order valence-corrected chi connectivity index (χ1v) is 10.3. The molecule has 30 heavy (non-hydrogen) atoms. The number of hydrogen-bond acceptors (Lipinski definition) is 5. The number of carbonyl (C=O) groups is 1. The average molecular weight is 415 g/mol. The molecule has 0 saturated carbocycles. The molecule has 1 aromatic heterocycles. The number of hydrogen-bond donors (Lipinski definition) is 4. The van der Waals surface area contributed by atoms with Crippen molar-refractivity contribution in [3.05, 3.63) is 57.3 Å². The summed E-state index contributed by atoms with van der Waals surface area (Å²) in [6.45, 7) is 11.8. The molecule has 164 valence electrons. The summed E-state index contributed by atoms with van der Waals surface area (Å²) in [5.41, 5.74) is 1.85. The Morgan fingerprint density at radius 2 is 1.90 bits per heavy atom. The van der Waals surface area contributed by atoms with Crippen LogP contribution in [0, 0.1) is 12.8 Å². The van der Waals surface area contributed by atoms with E-state index in [0.29, 0.717) is 17.9 Å². The van der Waals surface area contributed by atoms with Gasteiger partial charge in [0.15, 0.2) is 0 Å². The molecule has 0 aliphatic heterocycles. The van der Waals surface area contributed by atoms with Crippen LogP contribution in [0.25, 0.3) is 0 Å². The SMILES string of the molecule is CNC(C(=O)NC(Cc1ccc(O)c(C(C)(C)C)c1)c1nc(C)cc(=O)[nH]1)C(C)C. The van der Waals surface area contributed by atoms with E-state index in [0.717, 1.165) is 11.1 Å². The molecule has 2 atom stereocenters. The first-order valence-electron chi connectivity index (χ1n) is 10.3. The lowest BCUT2D eigenvalue weighted by Gasteiger charge is -2.25. The van der Waals surface area contributed by atoms with Crippen molar-refractivity contribution in [2.45, 2.75) is 65.5 Å². The standard InChI is InChI=1S/C23H34N4O3/c1-13(2)20(24-7)22(30)26-17(21-25-14(3)10-19(29)27-21)12-15-8-9-18(28)16(11-15)23(4,5)6/h8-11,13,17,20,24,28H,12H2,1-7H3,(H,26,30)(H,25,27,29). The third-order valence-electron chi connectivity index (χ3n) is 5.10. The number of likely N-dealkylation sites (N-methyl/N-ethyl adjacent to an activating group) is 1. The average Bonchev–Trinajstić information content (AvgIpc) is 2.61. The van der Waals surface area contributed by atoms with Crippen molar-refractivity contribution in [1.82, 2.24) is 20.6 Å². The second-order valence-corrected chi connectivity index (χ2v) is 9.15. The van der Waals surface area contributed by atoms with Crippen LogP contribution in [0.15, 0.2) is 29.1 Å². The molecule has 1 amide bonds. The number of rotatable bonds is 7. The number of aromatic nitrogens is 2. The van der Waals surface area contributed by atoms with Gasteiger partial charge in [-0.1, -0.05) is 46.8 Å². The van der Waals surface area contributed by atoms with Crippen LogP contribution >= 0.6 is 0 Å². The monoisotopic (exact) mass is 414 g/mol. The highest BCUT2D eigenvalue weighted by Crippen LogP contribution is 2.32. The van der Waals surface area contributed by atoms with Crippen LogP contribution < -0.4 is 16.2 Å². The number of phenolic OH excluding ortho intramolecular Hbond substituents is 1. The molecule has 0 bridgehead atoms. The largest absolute Gasteiger partial charge is 0.508 e. The number of nitrogens with one attached hydrogen (secondary N) is 3. The minimum absolute atomic E-state index is 0.0985. The van der Waals surface area contributed by atoms with Gasteiger partial charge in [-0.2, -0.15) is 0 Å². The molecule has 0 radical (unpaired) electrons. The molecule has 4 N–H and O–H groups in total. The molecule has 0 fully saturated rings. The van der Waals surface area contributed by atoms with E-state index < -0.39 is 6.04 Å². The summed E-state index contributed by atoms with van der Waals surface area (Å²) in [4.78, 5) is 32.2. The molecular formula is C23H34N4O3. The maximum Gasteiger partial charge on any atom is 0.251 e. The minimum atomic E-state index is -0.517. The van der Waals surface area contributed by atoms with Crippen LogP contribution in [0.5, 0.6) is 5.75 Å². The Morgan fingerprint density at radius 3 is 2.43 bits per heavy atom. The van der Waals surface area contributed by atoms with Gasteiger partial charge in [-0.3, -0.25) is 9.59 Å². The van der Waals surface area contributed by atoms with Crippen LogP contribution in [-0.4, -0.2) is 34.1 Å². The van der Waals surface area contributed by atoms with E-state index in [9.17, 15) is 14.7 Å². The predicted molar refractivity (Wildman–Crippen MR) is 119 cm³/mol. The van der Waals surface area contributed by atoms with Gasteiger partial charge in [-0.15, -0.1) is 0 Å². The van der Waals surface area contributed by atoms with Crippen molar-refractivity contribution in [3.63, 3.8) is 0 Å². The summed E-state index contributed by atoms with van der Waals surface area (Å²) in [5.74, 6) is 0.596. The fourth-order valence-electron chi connectivity index (χ4n) is 3.56. The zero-order chi connectivity index (χ0) is 22.6. The Labute approximate surface area is 178 Å². The van der Waals surface area contributed by atoms with Gasteiger partial charge in [0.1, 0.15) is 11.6 Å². The maximum atomic E-state index is 12.9. The van der Waals surface area contributed by atoms with Gasteiger partial charge >= 0.3 is 0 Å². The highest BCUT2D eigenvalue weighted by molar-refractivity contribution is 5.82. The van der Waals surface area contributed by atoms with Crippen molar-refractivity contribution in [2.24, 2.45) is 5.92 Å². The number of carbonyl (C=O) groups excluding carboxylic acids is 1. The summed E-state index contributed by atoms with van der Waals surface area (Å²) >= 11 is 0. The number of phenols is 1. The molecule has 0 spiro atoms. The molecule has 2 rings (SSSR count). The van der Waals surface area contributed by atoms with E-state index in [1.807, 2.05) is 46.8 Å². The van der Waals surface area contributed by atoms with Crippen LogP contribution in [0.1, 0.15) is 63.3 Å². The number of benzene rings is 1. The number of aromatic amines is 1. The first kappa shape index (κ1) is 23.6. The van der Waals surface area contributed by atoms with Gasteiger partial charge in [0.05, 0.1) is 12.1 Å². The van der Waals surface area contributed by atoms with E-state index in [-0.39, 0.29) is 34.6 Å². The van der Waals surface area contributed by atoms with Crippen molar-refractivity contribution in [2.75, 3.05) is 7.05 Å². The van der Waals surface area contributed by atoms with Crippen LogP contribution in [0.4, 0.5) is 0 Å². The number of aryl methyl sites for hydroxylation is 1. The van der Waals surface area contributed by atoms with Crippen molar-refractivity contribution >= 4 is 5.91 Å². The lowest BCUT2D eigenvalue weighted by molar-refractivity contribution is -0.124. The fourth-order valence-corrected chi connectivity index (χ4v) is 3.56. The molecule has 1 aromatic carbocycles. The first-order chi connectivity index (χ1) is 13.9. The number of amides is 1. The highest BCUT2D eigenvalue weighted by Gasteiger charge is 2.26. The summed E-state index contributed by atoms with van der Waals surface area (Å²) in [6, 6.07) is 5.98. The third-order valence-corrected chi connectivity index (χ3v) is 5.10. The lowest BCUT2D eigenvalue weighted by Crippen LogP contribution is -2.47. The molecule has 0 aliphatic carbocycles. The zero-order valence-corrected chi connectivity index (χ0v) is 19.0. The van der Waals surface area contributed by atoms with Crippen molar-refractivity contribution in [3.8, 4) is 5.75 Å². The Morgan fingerprint density at radius 1 is 1.23 bits per heavy atom. The summed E-state index contributed by atoms with van der Waals surface area (Å²) in [5, 5.41) is 16.4. The van der Waals surface area contributed by atoms with Crippen LogP contribution in [0.3, 0.4) is 0 Å². The molecule has 0 saturated heterocycles. The summed E-state index contributed by atoms with van der Waals surface area (Å²) < 4.78 is 0. The van der Waals surface area contributed by atoms with E-state index in [2.05, 4.69) is 20.6 Å². The van der Waals surface area contributed by atoms with E-state index in [1.54, 1.807) is 20.0 Å². The summed E-state index contributed by atoms with van der Waals surface area (Å²) in [7, 11) is 1.75. The van der Waals surface area contributed by atoms with Gasteiger partial charge < -0.3 is 20.7 Å². The lowest BCUT2D eigenvalue weighted by atomic mass is 9.84. The molecular weight excluding hydrogens is 380 g/mol. The van der Waals surface area contributed by atoms with Crippen molar-refractivity contribution < 1.29 is 9.90 Å². The van der Waals surface area contributed by atoms with Gasteiger partial charge in [0.25, 0.3) is 5.56 Å². The smallest absolute Gasteiger partial charge is 0.251 e. The van der Waals surface area contributed by atoms with E-state index >= 15 is 0 Å². The van der Waals surface area contributed by atoms with Crippen molar-refractivity contribution in [1.29, 1.82) is 0 Å². The Kier molecular flexibility index (Phi) is 7.42. The van der Waals surface area contributed by atoms with Gasteiger partial charge in [-0.25, -0.2) is 4.98 Å². The number of nitrogens with zero attached hydrogens (tertiary/aromatic N) is 1. The maximum absolute atomic E-state index is 12.9. The molecule has 2 unspecified atom stereocenters. The highest BCUT2D eigenvalue weighted by atomic mass is 16.3. The topological polar surface area (TPSA) is 107 Å². The van der Waals surface area contributed by atoms with Gasteiger partial charge in [0, 0.05) is 11.8 Å². The third kappa shape index (κ3) is 5.92. The molecule has 7 nitrogen and oxygen atoms in total. The summed E-state index contributed by atoms with van der Waals surface area (Å²) in [6.07, 6.45) is 0.427. The van der Waals surface area contributed by atoms with Gasteiger partial charge in [-0.05, 0) is 48.9 Å². The van der Waals surface area contributed by atoms with E-state index in [1.165, 1.54) is 6.07 Å². The quantitative estimate of drug-likeness (QED) is 0.557. The normalized spacial score (nSPS) is 13.9. The Bertz CT molecular complexity index is 944. The molecule has 7 heteroatoms.